The summed E-state index contributed by atoms with van der Waals surface area (Å²) in [4.78, 5) is 10.5. The Hall–Kier alpha value is -2.82. The third-order valence-corrected chi connectivity index (χ3v) is 3.66. The molecule has 2 rings (SSSR count). The van der Waals surface area contributed by atoms with Crippen molar-refractivity contribution in [2.45, 2.75) is 26.2 Å². The van der Waals surface area contributed by atoms with Crippen LogP contribution in [0, 0.1) is 5.41 Å². The largest absolute Gasteiger partial charge is 0.493 e. The van der Waals surface area contributed by atoms with Crippen LogP contribution >= 0.6 is 0 Å². The molecule has 0 heterocycles. The zero-order valence-electron chi connectivity index (χ0n) is 14.3. The Morgan fingerprint density at radius 3 is 1.96 bits per heavy atom. The van der Waals surface area contributed by atoms with E-state index < -0.39 is 5.97 Å². The van der Waals surface area contributed by atoms with Crippen molar-refractivity contribution in [2.75, 3.05) is 13.2 Å². The second-order valence-corrected chi connectivity index (χ2v) is 5.74. The predicted octanol–water partition coefficient (Wildman–Crippen LogP) is 3.94. The molecule has 5 nitrogen and oxygen atoms in total. The molecule has 132 valence electrons. The van der Waals surface area contributed by atoms with Gasteiger partial charge in [0.1, 0.15) is 11.5 Å². The van der Waals surface area contributed by atoms with Crippen LogP contribution in [0.25, 0.3) is 0 Å². The molecule has 0 spiro atoms. The summed E-state index contributed by atoms with van der Waals surface area (Å²) in [7, 11) is 0. The summed E-state index contributed by atoms with van der Waals surface area (Å²) < 4.78 is 11.3. The summed E-state index contributed by atoms with van der Waals surface area (Å²) in [5, 5.41) is 16.2. The van der Waals surface area contributed by atoms with Crippen LogP contribution in [0.5, 0.6) is 11.5 Å². The molecule has 0 atom stereocenters. The molecule has 2 aromatic rings. The smallest absolute Gasteiger partial charge is 0.303 e. The van der Waals surface area contributed by atoms with Gasteiger partial charge in [0.25, 0.3) is 0 Å². The summed E-state index contributed by atoms with van der Waals surface area (Å²) in [6.45, 7) is 2.86. The summed E-state index contributed by atoms with van der Waals surface area (Å²) in [5.74, 6) is 0.764. The maximum Gasteiger partial charge on any atom is 0.303 e. The van der Waals surface area contributed by atoms with Gasteiger partial charge in [0.2, 0.25) is 0 Å². The fraction of sp³-hybridized carbons (Fsp3) is 0.300. The Morgan fingerprint density at radius 1 is 0.960 bits per heavy atom. The third-order valence-electron chi connectivity index (χ3n) is 3.66. The minimum atomic E-state index is -0.789. The number of aryl methyl sites for hydroxylation is 1. The number of hydrogen-bond acceptors (Lipinski definition) is 4. The standard InChI is InChI=1S/C20H23NO4/c1-15(21)17-6-10-19(11-7-17)25-14-2-13-24-18-8-3-16(4-9-18)5-12-20(22)23/h3-4,6-11,21H,2,5,12-14H2,1H3,(H,22,23). The number of ether oxygens (including phenoxy) is 2. The molecule has 0 saturated heterocycles. The zero-order chi connectivity index (χ0) is 18.1. The van der Waals surface area contributed by atoms with Gasteiger partial charge in [0.15, 0.2) is 0 Å². The highest BCUT2D eigenvalue weighted by Gasteiger charge is 2.01. The van der Waals surface area contributed by atoms with Crippen molar-refractivity contribution >= 4 is 11.7 Å². The maximum absolute atomic E-state index is 10.5. The van der Waals surface area contributed by atoms with Gasteiger partial charge in [0, 0.05) is 18.6 Å². The normalized spacial score (nSPS) is 10.3. The van der Waals surface area contributed by atoms with Crippen molar-refractivity contribution < 1.29 is 19.4 Å². The molecular weight excluding hydrogens is 318 g/mol. The van der Waals surface area contributed by atoms with Crippen molar-refractivity contribution in [3.05, 3.63) is 59.7 Å². The Balaban J connectivity index is 1.65. The molecule has 5 heteroatoms. The van der Waals surface area contributed by atoms with Gasteiger partial charge in [-0.05, 0) is 60.9 Å². The number of benzene rings is 2. The molecule has 0 amide bonds. The maximum atomic E-state index is 10.5. The van der Waals surface area contributed by atoms with E-state index in [-0.39, 0.29) is 6.42 Å². The Morgan fingerprint density at radius 2 is 1.48 bits per heavy atom. The molecule has 0 aliphatic carbocycles. The number of nitrogens with one attached hydrogen (secondary N) is 1. The van der Waals surface area contributed by atoms with Crippen LogP contribution in [0.3, 0.4) is 0 Å². The lowest BCUT2D eigenvalue weighted by Crippen LogP contribution is -2.05. The van der Waals surface area contributed by atoms with E-state index in [0.29, 0.717) is 25.3 Å². The molecule has 0 fully saturated rings. The molecule has 0 unspecified atom stereocenters. The van der Waals surface area contributed by atoms with Gasteiger partial charge < -0.3 is 20.0 Å². The van der Waals surface area contributed by atoms with E-state index in [4.69, 9.17) is 20.0 Å². The van der Waals surface area contributed by atoms with Gasteiger partial charge in [0.05, 0.1) is 13.2 Å². The Kier molecular flexibility index (Phi) is 7.01. The minimum absolute atomic E-state index is 0.137. The van der Waals surface area contributed by atoms with Crippen LogP contribution < -0.4 is 9.47 Å². The molecule has 0 saturated carbocycles. The summed E-state index contributed by atoms with van der Waals surface area (Å²) in [6, 6.07) is 15.0. The van der Waals surface area contributed by atoms with Crippen LogP contribution in [-0.2, 0) is 11.2 Å². The fourth-order valence-corrected chi connectivity index (χ4v) is 2.24. The Bertz CT molecular complexity index is 693. The van der Waals surface area contributed by atoms with E-state index in [1.165, 1.54) is 0 Å². The van der Waals surface area contributed by atoms with Crippen LogP contribution in [0.15, 0.2) is 48.5 Å². The molecule has 2 aromatic carbocycles. The van der Waals surface area contributed by atoms with E-state index in [9.17, 15) is 4.79 Å². The third kappa shape index (κ3) is 6.67. The van der Waals surface area contributed by atoms with Crippen molar-refractivity contribution in [2.24, 2.45) is 0 Å². The van der Waals surface area contributed by atoms with E-state index >= 15 is 0 Å². The van der Waals surface area contributed by atoms with Crippen molar-refractivity contribution in [1.29, 1.82) is 5.41 Å². The molecule has 0 aliphatic rings. The SMILES string of the molecule is CC(=N)c1ccc(OCCCOc2ccc(CCC(=O)O)cc2)cc1. The van der Waals surface area contributed by atoms with Gasteiger partial charge in [-0.15, -0.1) is 0 Å². The average Bonchev–Trinajstić information content (AvgIpc) is 2.61. The van der Waals surface area contributed by atoms with E-state index in [0.717, 1.165) is 29.0 Å². The number of hydrogen-bond donors (Lipinski definition) is 2. The number of carboxylic acids is 1. The van der Waals surface area contributed by atoms with Gasteiger partial charge in [-0.1, -0.05) is 12.1 Å². The molecule has 0 aromatic heterocycles. The van der Waals surface area contributed by atoms with Crippen LogP contribution in [0.2, 0.25) is 0 Å². The molecular formula is C20H23NO4. The topological polar surface area (TPSA) is 79.6 Å². The Labute approximate surface area is 147 Å². The lowest BCUT2D eigenvalue weighted by atomic mass is 10.1. The summed E-state index contributed by atoms with van der Waals surface area (Å²) in [5.41, 5.74) is 2.41. The first-order valence-corrected chi connectivity index (χ1v) is 8.26. The van der Waals surface area contributed by atoms with E-state index in [1.807, 2.05) is 48.5 Å². The fourth-order valence-electron chi connectivity index (χ4n) is 2.24. The molecule has 0 aliphatic heterocycles. The van der Waals surface area contributed by atoms with E-state index in [2.05, 4.69) is 0 Å². The number of aliphatic carboxylic acids is 1. The monoisotopic (exact) mass is 341 g/mol. The average molecular weight is 341 g/mol. The molecule has 0 radical (unpaired) electrons. The number of carboxylic acid groups (broad SMARTS) is 1. The highest BCUT2D eigenvalue weighted by molar-refractivity contribution is 5.96. The van der Waals surface area contributed by atoms with Crippen molar-refractivity contribution in [3.63, 3.8) is 0 Å². The quantitative estimate of drug-likeness (QED) is 0.507. The number of carbonyl (C=O) groups is 1. The van der Waals surface area contributed by atoms with Gasteiger partial charge in [-0.2, -0.15) is 0 Å². The zero-order valence-corrected chi connectivity index (χ0v) is 14.3. The first-order valence-electron chi connectivity index (χ1n) is 8.26. The minimum Gasteiger partial charge on any atom is -0.493 e. The van der Waals surface area contributed by atoms with Crippen molar-refractivity contribution in [3.8, 4) is 11.5 Å². The van der Waals surface area contributed by atoms with Crippen LogP contribution in [0.4, 0.5) is 0 Å². The lowest BCUT2D eigenvalue weighted by molar-refractivity contribution is -0.136. The highest BCUT2D eigenvalue weighted by Crippen LogP contribution is 2.15. The van der Waals surface area contributed by atoms with Gasteiger partial charge in [-0.3, -0.25) is 4.79 Å². The van der Waals surface area contributed by atoms with E-state index in [1.54, 1.807) is 6.92 Å². The second-order valence-electron chi connectivity index (χ2n) is 5.74. The van der Waals surface area contributed by atoms with Crippen LogP contribution in [0.1, 0.15) is 30.9 Å². The first-order chi connectivity index (χ1) is 12.0. The number of rotatable bonds is 10. The molecule has 25 heavy (non-hydrogen) atoms. The highest BCUT2D eigenvalue weighted by atomic mass is 16.5. The molecule has 0 bridgehead atoms. The molecule has 2 N–H and O–H groups in total. The lowest BCUT2D eigenvalue weighted by Gasteiger charge is -2.09. The second kappa shape index (κ2) is 9.47. The summed E-state index contributed by atoms with van der Waals surface area (Å²) >= 11 is 0. The summed E-state index contributed by atoms with van der Waals surface area (Å²) in [6.07, 6.45) is 1.42. The van der Waals surface area contributed by atoms with Gasteiger partial charge in [-0.25, -0.2) is 0 Å². The van der Waals surface area contributed by atoms with Crippen LogP contribution in [-0.4, -0.2) is 30.0 Å². The van der Waals surface area contributed by atoms with Crippen molar-refractivity contribution in [1.82, 2.24) is 0 Å². The van der Waals surface area contributed by atoms with Gasteiger partial charge >= 0.3 is 5.97 Å². The first kappa shape index (κ1) is 18.5. The predicted molar refractivity (Wildman–Crippen MR) is 97.0 cm³/mol.